The van der Waals surface area contributed by atoms with E-state index in [0.29, 0.717) is 11.6 Å². The van der Waals surface area contributed by atoms with E-state index in [1.54, 1.807) is 6.07 Å². The van der Waals surface area contributed by atoms with Crippen LogP contribution in [0.2, 0.25) is 0 Å². The third-order valence-corrected chi connectivity index (χ3v) is 4.35. The summed E-state index contributed by atoms with van der Waals surface area (Å²) >= 11 is 0. The average Bonchev–Trinajstić information content (AvgIpc) is 3.05. The van der Waals surface area contributed by atoms with Gasteiger partial charge in [-0.05, 0) is 38.9 Å². The molecule has 4 nitrogen and oxygen atoms in total. The lowest BCUT2D eigenvalue weighted by Crippen LogP contribution is -2.39. The Morgan fingerprint density at radius 2 is 2.25 bits per heavy atom. The summed E-state index contributed by atoms with van der Waals surface area (Å²) < 4.78 is 11.4. The van der Waals surface area contributed by atoms with Crippen LogP contribution in [0.3, 0.4) is 0 Å². The van der Waals surface area contributed by atoms with Gasteiger partial charge in [0.1, 0.15) is 0 Å². The summed E-state index contributed by atoms with van der Waals surface area (Å²) in [7, 11) is 0. The number of likely N-dealkylation sites (tertiary alicyclic amines) is 1. The van der Waals surface area contributed by atoms with Gasteiger partial charge in [0.25, 0.3) is 0 Å². The van der Waals surface area contributed by atoms with Crippen LogP contribution in [0, 0.1) is 0 Å². The maximum absolute atomic E-state index is 11.8. The molecule has 2 unspecified atom stereocenters. The summed E-state index contributed by atoms with van der Waals surface area (Å²) in [4.78, 5) is 14.2. The van der Waals surface area contributed by atoms with Crippen LogP contribution in [0.15, 0.2) is 24.3 Å². The van der Waals surface area contributed by atoms with Crippen molar-refractivity contribution in [1.29, 1.82) is 0 Å². The van der Waals surface area contributed by atoms with E-state index in [-0.39, 0.29) is 12.1 Å². The molecule has 3 rings (SSSR count). The summed E-state index contributed by atoms with van der Waals surface area (Å²) in [5, 5.41) is 0. The molecular weight excluding hydrogens is 254 g/mol. The van der Waals surface area contributed by atoms with Gasteiger partial charge in [0.05, 0.1) is 11.7 Å². The van der Waals surface area contributed by atoms with Crippen LogP contribution in [0.1, 0.15) is 48.9 Å². The number of cyclic esters (lactones) is 1. The molecule has 2 heterocycles. The van der Waals surface area contributed by atoms with E-state index < -0.39 is 6.29 Å². The van der Waals surface area contributed by atoms with Crippen molar-refractivity contribution in [1.82, 2.24) is 4.90 Å². The normalized spacial score (nSPS) is 27.4. The van der Waals surface area contributed by atoms with Gasteiger partial charge in [-0.15, -0.1) is 0 Å². The Hall–Kier alpha value is -1.39. The van der Waals surface area contributed by atoms with Gasteiger partial charge in [0.15, 0.2) is 0 Å². The first kappa shape index (κ1) is 13.6. The average molecular weight is 275 g/mol. The number of esters is 1. The van der Waals surface area contributed by atoms with Crippen LogP contribution in [0.25, 0.3) is 0 Å². The number of carbonyl (C=O) groups excluding carboxylic acids is 1. The van der Waals surface area contributed by atoms with Gasteiger partial charge in [0.2, 0.25) is 6.29 Å². The molecule has 20 heavy (non-hydrogen) atoms. The molecule has 2 aliphatic rings. The first-order chi connectivity index (χ1) is 9.70. The molecule has 0 radical (unpaired) electrons. The molecule has 1 aromatic rings. The fraction of sp³-hybridized carbons (Fsp3) is 0.562. The quantitative estimate of drug-likeness (QED) is 0.792. The second-order valence-electron chi connectivity index (χ2n) is 5.50. The molecule has 0 aromatic heterocycles. The molecule has 0 bridgehead atoms. The van der Waals surface area contributed by atoms with Crippen LogP contribution in [0.4, 0.5) is 0 Å². The highest BCUT2D eigenvalue weighted by atomic mass is 16.7. The Bertz CT molecular complexity index is 502. The van der Waals surface area contributed by atoms with E-state index in [0.717, 1.165) is 25.1 Å². The predicted octanol–water partition coefficient (Wildman–Crippen LogP) is 2.75. The second-order valence-corrected chi connectivity index (χ2v) is 5.50. The minimum atomic E-state index is -0.548. The Morgan fingerprint density at radius 3 is 3.05 bits per heavy atom. The van der Waals surface area contributed by atoms with Crippen molar-refractivity contribution >= 4 is 5.97 Å². The van der Waals surface area contributed by atoms with Crippen LogP contribution in [0.5, 0.6) is 0 Å². The third kappa shape index (κ3) is 2.34. The number of ether oxygens (including phenoxy) is 2. The molecule has 0 amide bonds. The monoisotopic (exact) mass is 275 g/mol. The number of hydrogen-bond donors (Lipinski definition) is 0. The summed E-state index contributed by atoms with van der Waals surface area (Å²) in [5.41, 5.74) is 1.48. The van der Waals surface area contributed by atoms with E-state index >= 15 is 0 Å². The van der Waals surface area contributed by atoms with Gasteiger partial charge < -0.3 is 9.47 Å². The van der Waals surface area contributed by atoms with Crippen LogP contribution in [-0.2, 0) is 9.47 Å². The Morgan fingerprint density at radius 1 is 1.45 bits per heavy atom. The summed E-state index contributed by atoms with van der Waals surface area (Å²) in [6.45, 7) is 6.43. The summed E-state index contributed by atoms with van der Waals surface area (Å²) in [6, 6.07) is 7.88. The summed E-state index contributed by atoms with van der Waals surface area (Å²) in [5.74, 6) is -0.281. The molecule has 0 N–H and O–H groups in total. The minimum Gasteiger partial charge on any atom is -0.428 e. The fourth-order valence-corrected chi connectivity index (χ4v) is 3.28. The number of rotatable bonds is 4. The number of nitrogens with zero attached hydrogens (tertiary/aromatic N) is 1. The standard InChI is InChI=1S/C16H21NO3/c1-3-17-10-6-9-14(17)11(2)19-16-13-8-5-4-7-12(13)15(18)20-16/h4-5,7-8,11,14,16H,3,6,9-10H2,1-2H3/t11?,14-,16?/m0/s1. The number of carbonyl (C=O) groups is 1. The van der Waals surface area contributed by atoms with Gasteiger partial charge in [-0.1, -0.05) is 25.1 Å². The van der Waals surface area contributed by atoms with Gasteiger partial charge >= 0.3 is 5.97 Å². The molecule has 3 atom stereocenters. The van der Waals surface area contributed by atoms with E-state index in [4.69, 9.17) is 9.47 Å². The molecule has 0 spiro atoms. The first-order valence-electron chi connectivity index (χ1n) is 7.40. The lowest BCUT2D eigenvalue weighted by Gasteiger charge is -2.30. The van der Waals surface area contributed by atoms with E-state index in [1.165, 1.54) is 6.42 Å². The number of benzene rings is 1. The Kier molecular flexibility index (Phi) is 3.76. The maximum atomic E-state index is 11.8. The maximum Gasteiger partial charge on any atom is 0.341 e. The zero-order chi connectivity index (χ0) is 14.1. The van der Waals surface area contributed by atoms with Crippen molar-refractivity contribution in [3.8, 4) is 0 Å². The molecule has 1 saturated heterocycles. The van der Waals surface area contributed by atoms with Crippen LogP contribution in [-0.4, -0.2) is 36.1 Å². The van der Waals surface area contributed by atoms with Crippen molar-refractivity contribution in [3.63, 3.8) is 0 Å². The van der Waals surface area contributed by atoms with Crippen molar-refractivity contribution in [2.75, 3.05) is 13.1 Å². The van der Waals surface area contributed by atoms with E-state index in [1.807, 2.05) is 18.2 Å². The van der Waals surface area contributed by atoms with Gasteiger partial charge in [-0.25, -0.2) is 4.79 Å². The largest absolute Gasteiger partial charge is 0.428 e. The molecule has 0 aliphatic carbocycles. The predicted molar refractivity (Wildman–Crippen MR) is 75.4 cm³/mol. The smallest absolute Gasteiger partial charge is 0.341 e. The molecule has 1 fully saturated rings. The minimum absolute atomic E-state index is 0.0569. The topological polar surface area (TPSA) is 38.8 Å². The molecule has 0 saturated carbocycles. The van der Waals surface area contributed by atoms with E-state index in [2.05, 4.69) is 18.7 Å². The lowest BCUT2D eigenvalue weighted by atomic mass is 10.1. The molecule has 4 heteroatoms. The zero-order valence-corrected chi connectivity index (χ0v) is 12.0. The second kappa shape index (κ2) is 5.54. The van der Waals surface area contributed by atoms with Gasteiger partial charge in [-0.3, -0.25) is 4.90 Å². The molecule has 1 aromatic carbocycles. The SMILES string of the molecule is CCN1CCC[C@H]1C(C)OC1OC(=O)c2ccccc21. The van der Waals surface area contributed by atoms with Gasteiger partial charge in [-0.2, -0.15) is 0 Å². The van der Waals surface area contributed by atoms with Crippen LogP contribution >= 0.6 is 0 Å². The highest BCUT2D eigenvalue weighted by Gasteiger charge is 2.36. The number of fused-ring (bicyclic) bond motifs is 1. The van der Waals surface area contributed by atoms with Crippen molar-refractivity contribution in [2.45, 2.75) is 45.1 Å². The van der Waals surface area contributed by atoms with E-state index in [9.17, 15) is 4.79 Å². The number of likely N-dealkylation sites (N-methyl/N-ethyl adjacent to an activating group) is 1. The highest BCUT2D eigenvalue weighted by molar-refractivity contribution is 5.93. The van der Waals surface area contributed by atoms with Crippen molar-refractivity contribution < 1.29 is 14.3 Å². The highest BCUT2D eigenvalue weighted by Crippen LogP contribution is 2.34. The van der Waals surface area contributed by atoms with Crippen molar-refractivity contribution in [3.05, 3.63) is 35.4 Å². The Labute approximate surface area is 119 Å². The lowest BCUT2D eigenvalue weighted by molar-refractivity contribution is -0.147. The molecular formula is C16H21NO3. The molecule has 2 aliphatic heterocycles. The first-order valence-corrected chi connectivity index (χ1v) is 7.40. The molecule has 108 valence electrons. The van der Waals surface area contributed by atoms with Gasteiger partial charge in [0, 0.05) is 11.6 Å². The zero-order valence-electron chi connectivity index (χ0n) is 12.0. The summed E-state index contributed by atoms with van der Waals surface area (Å²) in [6.07, 6.45) is 1.87. The Balaban J connectivity index is 1.71. The van der Waals surface area contributed by atoms with Crippen molar-refractivity contribution in [2.24, 2.45) is 0 Å². The third-order valence-electron chi connectivity index (χ3n) is 4.35. The number of hydrogen-bond acceptors (Lipinski definition) is 4. The van der Waals surface area contributed by atoms with Crippen LogP contribution < -0.4 is 0 Å². The fourth-order valence-electron chi connectivity index (χ4n) is 3.28.